The molecule has 0 saturated heterocycles. The van der Waals surface area contributed by atoms with Crippen molar-refractivity contribution in [3.8, 4) is 0 Å². The fourth-order valence-electron chi connectivity index (χ4n) is 2.47. The van der Waals surface area contributed by atoms with Crippen LogP contribution in [0.1, 0.15) is 32.1 Å². The third-order valence-corrected chi connectivity index (χ3v) is 5.23. The van der Waals surface area contributed by atoms with E-state index in [1.807, 2.05) is 0 Å². The Morgan fingerprint density at radius 2 is 1.95 bits per heavy atom. The number of nitrogens with one attached hydrogen (secondary N) is 1. The monoisotopic (exact) mass is 301 g/mol. The van der Waals surface area contributed by atoms with Gasteiger partial charge < -0.3 is 5.73 Å². The van der Waals surface area contributed by atoms with Crippen LogP contribution in [0.2, 0.25) is 0 Å². The first-order valence-electron chi connectivity index (χ1n) is 6.71. The summed E-state index contributed by atoms with van der Waals surface area (Å²) in [6.45, 7) is 0. The number of nitrogens with two attached hydrogens (primary N) is 1. The smallest absolute Gasteiger partial charge is 0.301 e. The van der Waals surface area contributed by atoms with Gasteiger partial charge in [0.2, 0.25) is 0 Å². The highest BCUT2D eigenvalue weighted by molar-refractivity contribution is 7.90. The molecule has 20 heavy (non-hydrogen) atoms. The first-order chi connectivity index (χ1) is 9.40. The third-order valence-electron chi connectivity index (χ3n) is 3.70. The summed E-state index contributed by atoms with van der Waals surface area (Å²) in [7, 11) is -2.23. The molecule has 0 aromatic heterocycles. The topological polar surface area (TPSA) is 75.4 Å². The van der Waals surface area contributed by atoms with Gasteiger partial charge in [0, 0.05) is 18.8 Å². The molecule has 1 aliphatic rings. The Morgan fingerprint density at radius 3 is 2.60 bits per heavy atom. The quantitative estimate of drug-likeness (QED) is 0.838. The summed E-state index contributed by atoms with van der Waals surface area (Å²) in [6, 6.07) is 3.79. The molecular weight excluding hydrogens is 281 g/mol. The largest absolute Gasteiger partial charge is 0.399 e. The number of nitrogens with zero attached hydrogens (tertiary/aromatic N) is 1. The van der Waals surface area contributed by atoms with Crippen molar-refractivity contribution in [2.45, 2.75) is 38.1 Å². The van der Waals surface area contributed by atoms with E-state index in [9.17, 15) is 12.8 Å². The molecule has 1 fully saturated rings. The van der Waals surface area contributed by atoms with Gasteiger partial charge in [-0.1, -0.05) is 19.3 Å². The normalized spacial score (nSPS) is 17.4. The molecule has 0 unspecified atom stereocenters. The van der Waals surface area contributed by atoms with Crippen molar-refractivity contribution in [2.75, 3.05) is 17.5 Å². The van der Waals surface area contributed by atoms with Gasteiger partial charge in [0.15, 0.2) is 0 Å². The van der Waals surface area contributed by atoms with E-state index in [0.29, 0.717) is 5.69 Å². The summed E-state index contributed by atoms with van der Waals surface area (Å²) >= 11 is 0. The molecule has 2 rings (SSSR count). The Labute approximate surface area is 119 Å². The van der Waals surface area contributed by atoms with Crippen LogP contribution < -0.4 is 10.5 Å². The summed E-state index contributed by atoms with van der Waals surface area (Å²) in [5, 5.41) is 0. The number of benzene rings is 1. The summed E-state index contributed by atoms with van der Waals surface area (Å²) in [5.41, 5.74) is 5.74. The maximum atomic E-state index is 13.6. The van der Waals surface area contributed by atoms with Crippen LogP contribution in [-0.2, 0) is 10.2 Å². The van der Waals surface area contributed by atoms with E-state index in [0.717, 1.165) is 38.2 Å². The molecule has 0 spiro atoms. The standard InChI is InChI=1S/C13H20FN3O2S/c1-17(11-5-3-2-4-6-11)20(18,19)16-13-9-10(15)7-8-12(13)14/h7-9,11,16H,2-6,15H2,1H3. The van der Waals surface area contributed by atoms with E-state index in [1.54, 1.807) is 0 Å². The lowest BCUT2D eigenvalue weighted by atomic mass is 9.96. The van der Waals surface area contributed by atoms with E-state index >= 15 is 0 Å². The van der Waals surface area contributed by atoms with Gasteiger partial charge in [-0.2, -0.15) is 12.7 Å². The Hall–Kier alpha value is -1.34. The van der Waals surface area contributed by atoms with Crippen LogP contribution in [0.3, 0.4) is 0 Å². The van der Waals surface area contributed by atoms with Gasteiger partial charge in [-0.15, -0.1) is 0 Å². The molecule has 1 aromatic carbocycles. The molecule has 7 heteroatoms. The van der Waals surface area contributed by atoms with Crippen molar-refractivity contribution in [1.82, 2.24) is 4.31 Å². The van der Waals surface area contributed by atoms with E-state index in [2.05, 4.69) is 4.72 Å². The lowest BCUT2D eigenvalue weighted by Gasteiger charge is -2.30. The first-order valence-corrected chi connectivity index (χ1v) is 8.15. The van der Waals surface area contributed by atoms with Gasteiger partial charge in [0.25, 0.3) is 0 Å². The fraction of sp³-hybridized carbons (Fsp3) is 0.538. The van der Waals surface area contributed by atoms with Gasteiger partial charge in [-0.25, -0.2) is 4.39 Å². The van der Waals surface area contributed by atoms with E-state index < -0.39 is 16.0 Å². The van der Waals surface area contributed by atoms with Crippen molar-refractivity contribution in [2.24, 2.45) is 0 Å². The van der Waals surface area contributed by atoms with Crippen molar-refractivity contribution in [3.63, 3.8) is 0 Å². The Kier molecular flexibility index (Phi) is 4.49. The van der Waals surface area contributed by atoms with Crippen LogP contribution in [-0.4, -0.2) is 25.8 Å². The SMILES string of the molecule is CN(C1CCCCC1)S(=O)(=O)Nc1cc(N)ccc1F. The van der Waals surface area contributed by atoms with Crippen molar-refractivity contribution in [1.29, 1.82) is 0 Å². The van der Waals surface area contributed by atoms with Gasteiger partial charge >= 0.3 is 10.2 Å². The van der Waals surface area contributed by atoms with Gasteiger partial charge in [0.1, 0.15) is 5.82 Å². The minimum absolute atomic E-state index is 0.0228. The van der Waals surface area contributed by atoms with Gasteiger partial charge in [0.05, 0.1) is 5.69 Å². The third kappa shape index (κ3) is 3.40. The predicted molar refractivity (Wildman–Crippen MR) is 78.0 cm³/mol. The maximum Gasteiger partial charge on any atom is 0.301 e. The molecule has 0 radical (unpaired) electrons. The summed E-state index contributed by atoms with van der Waals surface area (Å²) < 4.78 is 41.7. The molecular formula is C13H20FN3O2S. The number of anilines is 2. The predicted octanol–water partition coefficient (Wildman–Crippen LogP) is 2.33. The van der Waals surface area contributed by atoms with Crippen molar-refractivity contribution >= 4 is 21.6 Å². The Balaban J connectivity index is 2.15. The van der Waals surface area contributed by atoms with Crippen molar-refractivity contribution in [3.05, 3.63) is 24.0 Å². The highest BCUT2D eigenvalue weighted by Gasteiger charge is 2.28. The molecule has 112 valence electrons. The summed E-state index contributed by atoms with van der Waals surface area (Å²) in [4.78, 5) is 0. The summed E-state index contributed by atoms with van der Waals surface area (Å²) in [6.07, 6.45) is 4.88. The zero-order chi connectivity index (χ0) is 14.8. The van der Waals surface area contributed by atoms with E-state index in [4.69, 9.17) is 5.73 Å². The molecule has 1 aliphatic carbocycles. The molecule has 5 nitrogen and oxygen atoms in total. The zero-order valence-electron chi connectivity index (χ0n) is 11.5. The maximum absolute atomic E-state index is 13.6. The molecule has 0 atom stereocenters. The number of rotatable bonds is 4. The molecule has 3 N–H and O–H groups in total. The van der Waals surface area contributed by atoms with Crippen LogP contribution in [0, 0.1) is 5.82 Å². The number of hydrogen-bond acceptors (Lipinski definition) is 3. The van der Waals surface area contributed by atoms with Gasteiger partial charge in [-0.3, -0.25) is 4.72 Å². The van der Waals surface area contributed by atoms with Crippen molar-refractivity contribution < 1.29 is 12.8 Å². The van der Waals surface area contributed by atoms with Crippen LogP contribution in [0.5, 0.6) is 0 Å². The highest BCUT2D eigenvalue weighted by atomic mass is 32.2. The molecule has 0 heterocycles. The summed E-state index contributed by atoms with van der Waals surface area (Å²) in [5.74, 6) is -0.639. The van der Waals surface area contributed by atoms with E-state index in [1.165, 1.54) is 23.5 Å². The van der Waals surface area contributed by atoms with Gasteiger partial charge in [-0.05, 0) is 31.0 Å². The number of nitrogen functional groups attached to an aromatic ring is 1. The minimum Gasteiger partial charge on any atom is -0.399 e. The lowest BCUT2D eigenvalue weighted by Crippen LogP contribution is -2.41. The second-order valence-corrected chi connectivity index (χ2v) is 6.88. The van der Waals surface area contributed by atoms with Crippen LogP contribution in [0.25, 0.3) is 0 Å². The van der Waals surface area contributed by atoms with E-state index in [-0.39, 0.29) is 11.7 Å². The number of hydrogen-bond donors (Lipinski definition) is 2. The molecule has 1 saturated carbocycles. The Morgan fingerprint density at radius 1 is 1.30 bits per heavy atom. The van der Waals surface area contributed by atoms with Crippen LogP contribution >= 0.6 is 0 Å². The first kappa shape index (κ1) is 15.1. The minimum atomic E-state index is -3.76. The molecule has 0 amide bonds. The molecule has 0 bridgehead atoms. The van der Waals surface area contributed by atoms with Crippen LogP contribution in [0.4, 0.5) is 15.8 Å². The van der Waals surface area contributed by atoms with Crippen LogP contribution in [0.15, 0.2) is 18.2 Å². The second-order valence-electron chi connectivity index (χ2n) is 5.15. The highest BCUT2D eigenvalue weighted by Crippen LogP contribution is 2.25. The molecule has 1 aromatic rings. The average molecular weight is 301 g/mol. The lowest BCUT2D eigenvalue weighted by molar-refractivity contribution is 0.287. The zero-order valence-corrected chi connectivity index (χ0v) is 12.3. The molecule has 0 aliphatic heterocycles. The number of halogens is 1. The fourth-order valence-corrected chi connectivity index (χ4v) is 3.65. The average Bonchev–Trinajstić information content (AvgIpc) is 2.43. The second kappa shape index (κ2) is 5.97. The Bertz CT molecular complexity index is 571.